The number of nitrogen functional groups attached to an aromatic ring is 3. The minimum Gasteiger partial charge on any atom is -0.391 e. The van der Waals surface area contributed by atoms with Gasteiger partial charge in [0.15, 0.2) is 5.82 Å². The fraction of sp³-hybridized carbons (Fsp3) is 0. The first-order chi connectivity index (χ1) is 4.61. The highest BCUT2D eigenvalue weighted by molar-refractivity contribution is 5.57. The van der Waals surface area contributed by atoms with Crippen LogP contribution in [0.5, 0.6) is 0 Å². The monoisotopic (exact) mass is 143 g/mol. The Balaban J connectivity index is 0.000001000. The molecule has 1 aromatic rings. The molecule has 0 unspecified atom stereocenters. The average Bonchev–Trinajstić information content (AvgIpc) is 1.82. The summed E-state index contributed by atoms with van der Waals surface area (Å²) in [5.41, 5.74) is 14.9. The number of nitrogens with one attached hydrogen (secondary N) is 1. The van der Waals surface area contributed by atoms with Crippen molar-refractivity contribution in [1.82, 2.24) is 9.97 Å². The second kappa shape index (κ2) is 1.90. The minimum atomic E-state index is -0.509. The maximum Gasteiger partial charge on any atom is 0.277 e. The van der Waals surface area contributed by atoms with Crippen molar-refractivity contribution in [3.63, 3.8) is 0 Å². The molecule has 0 atom stereocenters. The van der Waals surface area contributed by atoms with Crippen LogP contribution >= 0.6 is 0 Å². The number of aromatic nitrogens is 2. The van der Waals surface area contributed by atoms with Gasteiger partial charge in [-0.1, -0.05) is 0 Å². The van der Waals surface area contributed by atoms with Crippen LogP contribution in [-0.4, -0.2) is 9.97 Å². The van der Waals surface area contributed by atoms with Crippen LogP contribution in [0.15, 0.2) is 4.79 Å². The van der Waals surface area contributed by atoms with Gasteiger partial charge in [-0.15, -0.1) is 0 Å². The number of hydrogen-bond donors (Lipinski definition) is 4. The molecule has 0 saturated heterocycles. The molecule has 10 heavy (non-hydrogen) atoms. The third kappa shape index (κ3) is 0.859. The summed E-state index contributed by atoms with van der Waals surface area (Å²) in [5.74, 6) is -0.0713. The largest absolute Gasteiger partial charge is 0.391 e. The minimum absolute atomic E-state index is 0. The van der Waals surface area contributed by atoms with Gasteiger partial charge in [-0.3, -0.25) is 9.78 Å². The van der Waals surface area contributed by atoms with Gasteiger partial charge in [-0.05, 0) is 0 Å². The molecule has 7 N–H and O–H groups in total. The fourth-order valence-corrected chi connectivity index (χ4v) is 0.518. The summed E-state index contributed by atoms with van der Waals surface area (Å²) in [6, 6.07) is 0. The van der Waals surface area contributed by atoms with Crippen LogP contribution in [-0.2, 0) is 0 Å². The van der Waals surface area contributed by atoms with E-state index in [2.05, 4.69) is 9.97 Å². The summed E-state index contributed by atoms with van der Waals surface area (Å²) in [6.07, 6.45) is 0. The summed E-state index contributed by atoms with van der Waals surface area (Å²) in [7, 11) is 0. The predicted octanol–water partition coefficient (Wildman–Crippen LogP) is -1.24. The molecule has 1 rings (SSSR count). The van der Waals surface area contributed by atoms with E-state index in [4.69, 9.17) is 17.2 Å². The Labute approximate surface area is 57.5 Å². The van der Waals surface area contributed by atoms with E-state index in [-0.39, 0.29) is 18.9 Å². The van der Waals surface area contributed by atoms with Gasteiger partial charge in [0, 0.05) is 1.43 Å². The highest BCUT2D eigenvalue weighted by Gasteiger charge is 2.00. The molecule has 0 amide bonds. The molecular weight excluding hydrogens is 134 g/mol. The topological polar surface area (TPSA) is 124 Å². The highest BCUT2D eigenvalue weighted by atomic mass is 16.1. The summed E-state index contributed by atoms with van der Waals surface area (Å²) < 4.78 is 0. The molecule has 1 aromatic heterocycles. The van der Waals surface area contributed by atoms with Crippen molar-refractivity contribution in [2.24, 2.45) is 0 Å². The lowest BCUT2D eigenvalue weighted by molar-refractivity contribution is 1.15. The lowest BCUT2D eigenvalue weighted by Gasteiger charge is -1.96. The lowest BCUT2D eigenvalue weighted by Crippen LogP contribution is -2.17. The molecular formula is C4H9N5O. The van der Waals surface area contributed by atoms with Gasteiger partial charge in [0.2, 0.25) is 5.95 Å². The number of hydrogen-bond acceptors (Lipinski definition) is 5. The summed E-state index contributed by atoms with van der Waals surface area (Å²) in [6.45, 7) is 0. The Hall–Kier alpha value is -1.72. The fourth-order valence-electron chi connectivity index (χ4n) is 0.518. The van der Waals surface area contributed by atoms with Gasteiger partial charge < -0.3 is 17.2 Å². The maximum atomic E-state index is 10.7. The molecule has 0 saturated carbocycles. The van der Waals surface area contributed by atoms with Gasteiger partial charge in [-0.25, -0.2) is 0 Å². The Morgan fingerprint density at radius 3 is 2.50 bits per heavy atom. The molecule has 6 heteroatoms. The van der Waals surface area contributed by atoms with Crippen LogP contribution in [0.2, 0.25) is 0 Å². The molecule has 56 valence electrons. The average molecular weight is 143 g/mol. The first-order valence-electron chi connectivity index (χ1n) is 2.52. The highest BCUT2D eigenvalue weighted by Crippen LogP contribution is 2.02. The van der Waals surface area contributed by atoms with Crippen molar-refractivity contribution in [2.75, 3.05) is 17.2 Å². The van der Waals surface area contributed by atoms with E-state index in [9.17, 15) is 4.79 Å². The van der Waals surface area contributed by atoms with Crippen LogP contribution in [0.25, 0.3) is 0 Å². The van der Waals surface area contributed by atoms with Crippen LogP contribution in [0, 0.1) is 0 Å². The molecule has 0 bridgehead atoms. The van der Waals surface area contributed by atoms with Gasteiger partial charge in [-0.2, -0.15) is 4.98 Å². The van der Waals surface area contributed by atoms with E-state index in [0.29, 0.717) is 0 Å². The Morgan fingerprint density at radius 1 is 1.40 bits per heavy atom. The van der Waals surface area contributed by atoms with E-state index in [1.165, 1.54) is 0 Å². The van der Waals surface area contributed by atoms with E-state index in [1.54, 1.807) is 0 Å². The summed E-state index contributed by atoms with van der Waals surface area (Å²) in [4.78, 5) is 16.4. The number of anilines is 3. The zero-order chi connectivity index (χ0) is 7.72. The second-order valence-corrected chi connectivity index (χ2v) is 1.75. The van der Waals surface area contributed by atoms with Crippen molar-refractivity contribution >= 4 is 17.5 Å². The Kier molecular flexibility index (Phi) is 1.22. The molecule has 0 spiro atoms. The SMILES string of the molecule is Nc1nc(N)c(N)c(=O)[nH]1.[HH]. The van der Waals surface area contributed by atoms with Crippen LogP contribution in [0.3, 0.4) is 0 Å². The Bertz CT molecular complexity index is 308. The van der Waals surface area contributed by atoms with Crippen molar-refractivity contribution in [3.05, 3.63) is 10.4 Å². The zero-order valence-electron chi connectivity index (χ0n) is 5.09. The molecule has 6 nitrogen and oxygen atoms in total. The van der Waals surface area contributed by atoms with Crippen molar-refractivity contribution in [2.45, 2.75) is 0 Å². The van der Waals surface area contributed by atoms with Gasteiger partial charge in [0.25, 0.3) is 5.56 Å². The first kappa shape index (κ1) is 6.40. The number of nitrogens with zero attached hydrogens (tertiary/aromatic N) is 1. The molecule has 0 aromatic carbocycles. The van der Waals surface area contributed by atoms with Gasteiger partial charge in [0.1, 0.15) is 5.69 Å². The van der Waals surface area contributed by atoms with Crippen LogP contribution in [0.1, 0.15) is 1.43 Å². The third-order valence-electron chi connectivity index (χ3n) is 1.00. The molecule has 0 aliphatic carbocycles. The predicted molar refractivity (Wildman–Crippen MR) is 40.2 cm³/mol. The zero-order valence-corrected chi connectivity index (χ0v) is 5.09. The van der Waals surface area contributed by atoms with Crippen molar-refractivity contribution in [3.8, 4) is 0 Å². The molecule has 0 aliphatic heterocycles. The Morgan fingerprint density at radius 2 is 2.00 bits per heavy atom. The number of aromatic amines is 1. The van der Waals surface area contributed by atoms with Crippen molar-refractivity contribution < 1.29 is 1.43 Å². The number of H-pyrrole nitrogens is 1. The first-order valence-corrected chi connectivity index (χ1v) is 2.52. The van der Waals surface area contributed by atoms with Gasteiger partial charge in [0.05, 0.1) is 0 Å². The standard InChI is InChI=1S/C4H7N5O.H2/c5-1-2(6)8-4(7)9-3(1)10;/h5H2,(H5,6,7,8,9,10);1H. The normalized spacial score (nSPS) is 9.60. The second-order valence-electron chi connectivity index (χ2n) is 1.75. The third-order valence-corrected chi connectivity index (χ3v) is 1.00. The van der Waals surface area contributed by atoms with E-state index < -0.39 is 5.56 Å². The molecule has 0 aliphatic rings. The van der Waals surface area contributed by atoms with E-state index in [0.717, 1.165) is 0 Å². The van der Waals surface area contributed by atoms with Crippen LogP contribution in [0.4, 0.5) is 17.5 Å². The van der Waals surface area contributed by atoms with E-state index in [1.807, 2.05) is 0 Å². The smallest absolute Gasteiger partial charge is 0.277 e. The maximum absolute atomic E-state index is 10.7. The molecule has 0 fully saturated rings. The molecule has 1 heterocycles. The number of rotatable bonds is 0. The number of nitrogens with two attached hydrogens (primary N) is 3. The summed E-state index contributed by atoms with van der Waals surface area (Å²) in [5, 5.41) is 0. The summed E-state index contributed by atoms with van der Waals surface area (Å²) >= 11 is 0. The van der Waals surface area contributed by atoms with Crippen LogP contribution < -0.4 is 22.8 Å². The quantitative estimate of drug-likeness (QED) is 0.361. The van der Waals surface area contributed by atoms with Crippen molar-refractivity contribution in [1.29, 1.82) is 0 Å². The van der Waals surface area contributed by atoms with E-state index >= 15 is 0 Å². The van der Waals surface area contributed by atoms with Gasteiger partial charge >= 0.3 is 0 Å². The lowest BCUT2D eigenvalue weighted by atomic mass is 10.5. The molecule has 0 radical (unpaired) electrons.